The van der Waals surface area contributed by atoms with E-state index in [0.717, 1.165) is 17.1 Å². The van der Waals surface area contributed by atoms with E-state index in [-0.39, 0.29) is 11.3 Å². The average molecular weight is 282 g/mol. The Morgan fingerprint density at radius 2 is 1.52 bits per heavy atom. The number of anilines is 3. The molecular formula is C18H22N2O. The first-order chi connectivity index (χ1) is 9.92. The maximum Gasteiger partial charge on any atom is 0.224 e. The van der Waals surface area contributed by atoms with Crippen LogP contribution in [0.2, 0.25) is 0 Å². The minimum absolute atomic E-state index is 0.00994. The second kappa shape index (κ2) is 6.44. The Balaban J connectivity index is 2.03. The van der Waals surface area contributed by atoms with Crippen LogP contribution in [0.15, 0.2) is 54.6 Å². The highest BCUT2D eigenvalue weighted by Crippen LogP contribution is 2.22. The molecular weight excluding hydrogens is 260 g/mol. The third-order valence-electron chi connectivity index (χ3n) is 2.90. The maximum absolute atomic E-state index is 12.0. The molecule has 3 nitrogen and oxygen atoms in total. The van der Waals surface area contributed by atoms with Crippen LogP contribution in [0.4, 0.5) is 17.1 Å². The molecule has 0 heterocycles. The highest BCUT2D eigenvalue weighted by atomic mass is 16.1. The minimum atomic E-state index is -0.00994. The van der Waals surface area contributed by atoms with Crippen molar-refractivity contribution in [1.29, 1.82) is 0 Å². The Kier molecular flexibility index (Phi) is 4.63. The van der Waals surface area contributed by atoms with Crippen molar-refractivity contribution in [3.8, 4) is 0 Å². The van der Waals surface area contributed by atoms with Gasteiger partial charge in [-0.25, -0.2) is 0 Å². The molecule has 0 saturated carbocycles. The van der Waals surface area contributed by atoms with Crippen LogP contribution in [-0.2, 0) is 4.79 Å². The average Bonchev–Trinajstić information content (AvgIpc) is 2.38. The third-order valence-corrected chi connectivity index (χ3v) is 2.90. The number of rotatable bonds is 4. The number of nitrogens with one attached hydrogen (secondary N) is 2. The molecule has 0 bridgehead atoms. The molecule has 0 saturated heterocycles. The molecule has 3 heteroatoms. The monoisotopic (exact) mass is 282 g/mol. The second-order valence-electron chi connectivity index (χ2n) is 6.36. The lowest BCUT2D eigenvalue weighted by molar-refractivity contribution is -0.117. The smallest absolute Gasteiger partial charge is 0.224 e. The summed E-state index contributed by atoms with van der Waals surface area (Å²) in [6, 6.07) is 17.7. The molecule has 0 fully saturated rings. The van der Waals surface area contributed by atoms with Crippen LogP contribution in [0, 0.1) is 5.41 Å². The molecule has 2 aromatic carbocycles. The highest BCUT2D eigenvalue weighted by molar-refractivity contribution is 5.91. The standard InChI is InChI=1S/C18H22N2O/c1-18(2,3)13-17(21)20-16-11-7-10-15(12-16)19-14-8-5-4-6-9-14/h4-12,19H,13H2,1-3H3,(H,20,21). The first kappa shape index (κ1) is 15.1. The van der Waals surface area contributed by atoms with Crippen molar-refractivity contribution in [3.05, 3.63) is 54.6 Å². The van der Waals surface area contributed by atoms with Gasteiger partial charge in [-0.1, -0.05) is 45.0 Å². The molecule has 0 aliphatic rings. The zero-order valence-corrected chi connectivity index (χ0v) is 12.8. The Labute approximate surface area is 126 Å². The Morgan fingerprint density at radius 3 is 2.19 bits per heavy atom. The van der Waals surface area contributed by atoms with Gasteiger partial charge in [0.2, 0.25) is 5.91 Å². The molecule has 0 unspecified atom stereocenters. The molecule has 110 valence electrons. The summed E-state index contributed by atoms with van der Waals surface area (Å²) in [6.07, 6.45) is 0.503. The second-order valence-corrected chi connectivity index (χ2v) is 6.36. The molecule has 0 spiro atoms. The molecule has 0 atom stereocenters. The summed E-state index contributed by atoms with van der Waals surface area (Å²) in [6.45, 7) is 6.17. The van der Waals surface area contributed by atoms with Gasteiger partial charge in [-0.05, 0) is 35.7 Å². The number of hydrogen-bond donors (Lipinski definition) is 2. The lowest BCUT2D eigenvalue weighted by Gasteiger charge is -2.17. The normalized spacial score (nSPS) is 11.0. The van der Waals surface area contributed by atoms with E-state index in [1.54, 1.807) is 0 Å². The van der Waals surface area contributed by atoms with Crippen molar-refractivity contribution in [3.63, 3.8) is 0 Å². The van der Waals surface area contributed by atoms with Gasteiger partial charge in [-0.2, -0.15) is 0 Å². The molecule has 2 N–H and O–H groups in total. The van der Waals surface area contributed by atoms with Crippen molar-refractivity contribution in [2.24, 2.45) is 5.41 Å². The zero-order chi connectivity index (χ0) is 15.3. The van der Waals surface area contributed by atoms with E-state index in [9.17, 15) is 4.79 Å². The highest BCUT2D eigenvalue weighted by Gasteiger charge is 2.15. The van der Waals surface area contributed by atoms with Crippen molar-refractivity contribution in [1.82, 2.24) is 0 Å². The van der Waals surface area contributed by atoms with Crippen LogP contribution in [-0.4, -0.2) is 5.91 Å². The zero-order valence-electron chi connectivity index (χ0n) is 12.8. The van der Waals surface area contributed by atoms with Gasteiger partial charge in [0.25, 0.3) is 0 Å². The van der Waals surface area contributed by atoms with Crippen LogP contribution in [0.3, 0.4) is 0 Å². The molecule has 2 rings (SSSR count). The molecule has 21 heavy (non-hydrogen) atoms. The van der Waals surface area contributed by atoms with E-state index >= 15 is 0 Å². The van der Waals surface area contributed by atoms with Gasteiger partial charge in [-0.15, -0.1) is 0 Å². The molecule has 2 aromatic rings. The van der Waals surface area contributed by atoms with Gasteiger partial charge in [0.1, 0.15) is 0 Å². The van der Waals surface area contributed by atoms with Crippen LogP contribution in [0.25, 0.3) is 0 Å². The van der Waals surface area contributed by atoms with Crippen LogP contribution in [0.5, 0.6) is 0 Å². The Hall–Kier alpha value is -2.29. The summed E-state index contributed by atoms with van der Waals surface area (Å²) in [5, 5.41) is 6.26. The van der Waals surface area contributed by atoms with E-state index in [1.165, 1.54) is 0 Å². The quantitative estimate of drug-likeness (QED) is 0.845. The molecule has 0 aliphatic carbocycles. The largest absolute Gasteiger partial charge is 0.355 e. The van der Waals surface area contributed by atoms with Gasteiger partial charge in [0.15, 0.2) is 0 Å². The predicted molar refractivity (Wildman–Crippen MR) is 88.9 cm³/mol. The Morgan fingerprint density at radius 1 is 0.905 bits per heavy atom. The van der Waals surface area contributed by atoms with Gasteiger partial charge >= 0.3 is 0 Å². The van der Waals surface area contributed by atoms with Crippen molar-refractivity contribution in [2.75, 3.05) is 10.6 Å². The molecule has 1 amide bonds. The summed E-state index contributed by atoms with van der Waals surface area (Å²) in [5.41, 5.74) is 2.78. The van der Waals surface area contributed by atoms with E-state index < -0.39 is 0 Å². The molecule has 0 radical (unpaired) electrons. The van der Waals surface area contributed by atoms with E-state index in [0.29, 0.717) is 6.42 Å². The van der Waals surface area contributed by atoms with Crippen molar-refractivity contribution >= 4 is 23.0 Å². The summed E-state index contributed by atoms with van der Waals surface area (Å²) in [4.78, 5) is 12.0. The Bertz CT molecular complexity index is 600. The van der Waals surface area contributed by atoms with Crippen molar-refractivity contribution in [2.45, 2.75) is 27.2 Å². The lowest BCUT2D eigenvalue weighted by atomic mass is 9.92. The van der Waals surface area contributed by atoms with Crippen LogP contribution >= 0.6 is 0 Å². The first-order valence-corrected chi connectivity index (χ1v) is 7.14. The van der Waals surface area contributed by atoms with Gasteiger partial charge in [0.05, 0.1) is 0 Å². The fourth-order valence-corrected chi connectivity index (χ4v) is 2.05. The molecule has 0 aromatic heterocycles. The predicted octanol–water partition coefficient (Wildman–Crippen LogP) is 4.80. The van der Waals surface area contributed by atoms with E-state index in [2.05, 4.69) is 31.4 Å². The van der Waals surface area contributed by atoms with E-state index in [4.69, 9.17) is 0 Å². The van der Waals surface area contributed by atoms with E-state index in [1.807, 2.05) is 54.6 Å². The number of carbonyl (C=O) groups is 1. The number of hydrogen-bond acceptors (Lipinski definition) is 2. The van der Waals surface area contributed by atoms with Gasteiger partial charge in [-0.3, -0.25) is 4.79 Å². The molecule has 0 aliphatic heterocycles. The van der Waals surface area contributed by atoms with Crippen LogP contribution < -0.4 is 10.6 Å². The third kappa shape index (κ3) is 5.30. The number of amides is 1. The lowest BCUT2D eigenvalue weighted by Crippen LogP contribution is -2.19. The van der Waals surface area contributed by atoms with Gasteiger partial charge < -0.3 is 10.6 Å². The maximum atomic E-state index is 12.0. The topological polar surface area (TPSA) is 41.1 Å². The minimum Gasteiger partial charge on any atom is -0.355 e. The number of para-hydroxylation sites is 1. The number of benzene rings is 2. The SMILES string of the molecule is CC(C)(C)CC(=O)Nc1cccc(Nc2ccccc2)c1. The summed E-state index contributed by atoms with van der Waals surface area (Å²) < 4.78 is 0. The fraction of sp³-hybridized carbons (Fsp3) is 0.278. The summed E-state index contributed by atoms with van der Waals surface area (Å²) in [7, 11) is 0. The summed E-state index contributed by atoms with van der Waals surface area (Å²) >= 11 is 0. The van der Waals surface area contributed by atoms with Gasteiger partial charge in [0, 0.05) is 23.5 Å². The van der Waals surface area contributed by atoms with Crippen molar-refractivity contribution < 1.29 is 4.79 Å². The number of carbonyl (C=O) groups excluding carboxylic acids is 1. The summed E-state index contributed by atoms with van der Waals surface area (Å²) in [5.74, 6) is 0.0411. The fourth-order valence-electron chi connectivity index (χ4n) is 2.05. The first-order valence-electron chi connectivity index (χ1n) is 7.14. The van der Waals surface area contributed by atoms with Crippen LogP contribution in [0.1, 0.15) is 27.2 Å².